The lowest BCUT2D eigenvalue weighted by Crippen LogP contribution is -2.53. The molecule has 0 aliphatic heterocycles. The summed E-state index contributed by atoms with van der Waals surface area (Å²) in [6.07, 6.45) is -1.40. The molecule has 0 saturated heterocycles. The summed E-state index contributed by atoms with van der Waals surface area (Å²) >= 11 is 0. The molecular formula is C12H16NO5S-. The molecule has 1 aromatic rings. The van der Waals surface area contributed by atoms with Crippen molar-refractivity contribution in [3.63, 3.8) is 0 Å². The minimum absolute atomic E-state index is 0.0532. The van der Waals surface area contributed by atoms with E-state index in [4.69, 9.17) is 0 Å². The standard InChI is InChI=1S/C12H17NO5S/c1-7-4-5-10(6-8(7)2)19(17,18)13-11(9(3)14)12(15)16/h4-6,9,11,13-14H,1-3H3,(H,15,16)/p-1/t9-,11-/m1/s1. The summed E-state index contributed by atoms with van der Waals surface area (Å²) < 4.78 is 25.9. The molecule has 0 heterocycles. The topological polar surface area (TPSA) is 107 Å². The summed E-state index contributed by atoms with van der Waals surface area (Å²) in [5.74, 6) is -1.68. The van der Waals surface area contributed by atoms with E-state index in [2.05, 4.69) is 0 Å². The van der Waals surface area contributed by atoms with Crippen LogP contribution in [0.1, 0.15) is 18.1 Å². The highest BCUT2D eigenvalue weighted by Gasteiger charge is 2.24. The van der Waals surface area contributed by atoms with Gasteiger partial charge in [-0.05, 0) is 44.0 Å². The summed E-state index contributed by atoms with van der Waals surface area (Å²) in [6.45, 7) is 4.75. The Balaban J connectivity index is 3.10. The van der Waals surface area contributed by atoms with Crippen LogP contribution in [0, 0.1) is 13.8 Å². The number of aryl methyl sites for hydroxylation is 2. The first kappa shape index (κ1) is 15.6. The van der Waals surface area contributed by atoms with Crippen molar-refractivity contribution >= 4 is 16.0 Å². The van der Waals surface area contributed by atoms with Gasteiger partial charge in [0.25, 0.3) is 0 Å². The van der Waals surface area contributed by atoms with Gasteiger partial charge in [-0.25, -0.2) is 8.42 Å². The summed E-state index contributed by atoms with van der Waals surface area (Å²) in [7, 11) is -4.02. The molecule has 0 spiro atoms. The second-order valence-electron chi connectivity index (χ2n) is 4.40. The average molecular weight is 286 g/mol. The van der Waals surface area contributed by atoms with E-state index in [0.717, 1.165) is 11.1 Å². The molecule has 0 aromatic heterocycles. The van der Waals surface area contributed by atoms with E-state index >= 15 is 0 Å². The predicted octanol–water partition coefficient (Wildman–Crippen LogP) is -0.919. The fourth-order valence-corrected chi connectivity index (χ4v) is 2.80. The zero-order chi connectivity index (χ0) is 14.8. The lowest BCUT2D eigenvalue weighted by molar-refractivity contribution is -0.309. The van der Waals surface area contributed by atoms with Gasteiger partial charge in [0.05, 0.1) is 23.0 Å². The third-order valence-electron chi connectivity index (χ3n) is 2.81. The molecule has 6 nitrogen and oxygen atoms in total. The smallest absolute Gasteiger partial charge is 0.241 e. The van der Waals surface area contributed by atoms with Gasteiger partial charge >= 0.3 is 0 Å². The maximum absolute atomic E-state index is 12.0. The van der Waals surface area contributed by atoms with Crippen LogP contribution >= 0.6 is 0 Å². The Morgan fingerprint density at radius 3 is 2.32 bits per heavy atom. The van der Waals surface area contributed by atoms with Gasteiger partial charge in [0.1, 0.15) is 0 Å². The highest BCUT2D eigenvalue weighted by Crippen LogP contribution is 2.15. The molecule has 0 bridgehead atoms. The number of carbonyl (C=O) groups excluding carboxylic acids is 1. The number of hydrogen-bond donors (Lipinski definition) is 2. The maximum Gasteiger partial charge on any atom is 0.241 e. The number of carboxylic acid groups (broad SMARTS) is 1. The predicted molar refractivity (Wildman–Crippen MR) is 66.7 cm³/mol. The van der Waals surface area contributed by atoms with E-state index in [-0.39, 0.29) is 4.90 Å². The summed E-state index contributed by atoms with van der Waals surface area (Å²) in [5.41, 5.74) is 1.69. The summed E-state index contributed by atoms with van der Waals surface area (Å²) in [4.78, 5) is 10.7. The van der Waals surface area contributed by atoms with Gasteiger partial charge in [0, 0.05) is 0 Å². The molecule has 0 fully saturated rings. The second-order valence-corrected chi connectivity index (χ2v) is 6.12. The normalized spacial score (nSPS) is 14.9. The van der Waals surface area contributed by atoms with Crippen LogP contribution in [-0.2, 0) is 14.8 Å². The molecule has 0 saturated carbocycles. The first-order valence-electron chi connectivity index (χ1n) is 5.63. The molecule has 0 radical (unpaired) electrons. The number of benzene rings is 1. The Kier molecular flexibility index (Phi) is 4.67. The molecule has 0 unspecified atom stereocenters. The quantitative estimate of drug-likeness (QED) is 0.728. The van der Waals surface area contributed by atoms with Gasteiger partial charge in [-0.15, -0.1) is 0 Å². The van der Waals surface area contributed by atoms with Gasteiger partial charge in [-0.3, -0.25) is 0 Å². The Bertz CT molecular complexity index is 580. The van der Waals surface area contributed by atoms with Crippen LogP contribution in [0.25, 0.3) is 0 Å². The van der Waals surface area contributed by atoms with Crippen LogP contribution < -0.4 is 9.83 Å². The molecule has 2 N–H and O–H groups in total. The molecule has 19 heavy (non-hydrogen) atoms. The number of aliphatic carboxylic acids is 1. The zero-order valence-corrected chi connectivity index (χ0v) is 11.7. The molecule has 1 rings (SSSR count). The van der Waals surface area contributed by atoms with E-state index in [1.165, 1.54) is 19.1 Å². The van der Waals surface area contributed by atoms with Crippen molar-refractivity contribution in [1.82, 2.24) is 4.72 Å². The van der Waals surface area contributed by atoms with Crippen LogP contribution in [0.5, 0.6) is 0 Å². The van der Waals surface area contributed by atoms with E-state index in [9.17, 15) is 23.4 Å². The molecule has 0 amide bonds. The van der Waals surface area contributed by atoms with Crippen LogP contribution in [0.4, 0.5) is 0 Å². The van der Waals surface area contributed by atoms with Crippen molar-refractivity contribution in [1.29, 1.82) is 0 Å². The number of aliphatic hydroxyl groups is 1. The number of carbonyl (C=O) groups is 1. The van der Waals surface area contributed by atoms with Gasteiger partial charge < -0.3 is 15.0 Å². The lowest BCUT2D eigenvalue weighted by Gasteiger charge is -2.22. The lowest BCUT2D eigenvalue weighted by atomic mass is 10.1. The largest absolute Gasteiger partial charge is 0.548 e. The number of hydrogen-bond acceptors (Lipinski definition) is 5. The van der Waals surface area contributed by atoms with E-state index in [1.54, 1.807) is 13.0 Å². The summed E-state index contributed by atoms with van der Waals surface area (Å²) in [6, 6.07) is 2.75. The fourth-order valence-electron chi connectivity index (χ4n) is 1.46. The number of aliphatic hydroxyl groups excluding tert-OH is 1. The first-order valence-corrected chi connectivity index (χ1v) is 7.12. The second kappa shape index (κ2) is 5.68. The van der Waals surface area contributed by atoms with Crippen LogP contribution in [0.3, 0.4) is 0 Å². The fraction of sp³-hybridized carbons (Fsp3) is 0.417. The first-order chi connectivity index (χ1) is 8.65. The summed E-state index contributed by atoms with van der Waals surface area (Å²) in [5, 5.41) is 20.0. The van der Waals surface area contributed by atoms with Crippen molar-refractivity contribution in [2.24, 2.45) is 0 Å². The molecule has 1 aromatic carbocycles. The Morgan fingerprint density at radius 2 is 1.89 bits per heavy atom. The van der Waals surface area contributed by atoms with Crippen LogP contribution in [0.2, 0.25) is 0 Å². The minimum atomic E-state index is -4.02. The molecule has 0 aliphatic rings. The third kappa shape index (κ3) is 3.76. The third-order valence-corrected chi connectivity index (χ3v) is 4.25. The van der Waals surface area contributed by atoms with Crippen LogP contribution in [-0.4, -0.2) is 31.6 Å². The van der Waals surface area contributed by atoms with Gasteiger partial charge in [-0.1, -0.05) is 6.07 Å². The number of rotatable bonds is 5. The maximum atomic E-state index is 12.0. The van der Waals surface area contributed by atoms with Gasteiger partial charge in [-0.2, -0.15) is 4.72 Å². The van der Waals surface area contributed by atoms with Crippen molar-refractivity contribution < 1.29 is 23.4 Å². The van der Waals surface area contributed by atoms with E-state index in [1.807, 2.05) is 11.6 Å². The SMILES string of the molecule is Cc1ccc(S(=O)(=O)N[C@@H](C(=O)[O-])[C@@H](C)O)cc1C. The van der Waals surface area contributed by atoms with E-state index < -0.39 is 28.1 Å². The molecule has 7 heteroatoms. The van der Waals surface area contributed by atoms with Gasteiger partial charge in [0.2, 0.25) is 10.0 Å². The Hall–Kier alpha value is -1.44. The molecular weight excluding hydrogens is 270 g/mol. The zero-order valence-electron chi connectivity index (χ0n) is 10.9. The highest BCUT2D eigenvalue weighted by atomic mass is 32.2. The Labute approximate surface area is 112 Å². The number of nitrogens with one attached hydrogen (secondary N) is 1. The van der Waals surface area contributed by atoms with Gasteiger partial charge in [0.15, 0.2) is 0 Å². The molecule has 0 aliphatic carbocycles. The molecule has 2 atom stereocenters. The monoisotopic (exact) mass is 286 g/mol. The highest BCUT2D eigenvalue weighted by molar-refractivity contribution is 7.89. The van der Waals surface area contributed by atoms with E-state index in [0.29, 0.717) is 0 Å². The minimum Gasteiger partial charge on any atom is -0.548 e. The number of carboxylic acids is 1. The van der Waals surface area contributed by atoms with Crippen molar-refractivity contribution in [3.8, 4) is 0 Å². The number of sulfonamides is 1. The van der Waals surface area contributed by atoms with Crippen molar-refractivity contribution in [2.45, 2.75) is 37.8 Å². The van der Waals surface area contributed by atoms with Crippen LogP contribution in [0.15, 0.2) is 23.1 Å². The van der Waals surface area contributed by atoms with Crippen molar-refractivity contribution in [2.75, 3.05) is 0 Å². The molecule has 106 valence electrons. The Morgan fingerprint density at radius 1 is 1.32 bits per heavy atom. The average Bonchev–Trinajstić information content (AvgIpc) is 2.28. The van der Waals surface area contributed by atoms with Crippen molar-refractivity contribution in [3.05, 3.63) is 29.3 Å².